The van der Waals surface area contributed by atoms with Crippen LogP contribution in [0.4, 0.5) is 18.9 Å². The van der Waals surface area contributed by atoms with E-state index in [1.165, 1.54) is 37.4 Å². The fraction of sp³-hybridized carbons (Fsp3) is 0.176. The number of ether oxygens (including phenoxy) is 3. The van der Waals surface area contributed by atoms with Crippen LogP contribution in [0.2, 0.25) is 0 Å². The third-order valence-electron chi connectivity index (χ3n) is 3.11. The molecule has 0 bridgehead atoms. The molecule has 0 atom stereocenters. The Balaban J connectivity index is 1.96. The van der Waals surface area contributed by atoms with Crippen molar-refractivity contribution in [2.75, 3.05) is 19.0 Å². The van der Waals surface area contributed by atoms with Crippen molar-refractivity contribution in [1.82, 2.24) is 0 Å². The standard InChI is InChI=1S/C17H14F3NO5/c1-24-10-6-7-11(12(18)8-10)16(23)25-9-15(22)21-13-4-2-3-5-14(13)26-17(19)20/h2-8,17H,9H2,1H3,(H,21,22). The molecule has 0 radical (unpaired) electrons. The summed E-state index contributed by atoms with van der Waals surface area (Å²) >= 11 is 0. The van der Waals surface area contributed by atoms with E-state index in [4.69, 9.17) is 9.47 Å². The zero-order chi connectivity index (χ0) is 19.1. The largest absolute Gasteiger partial charge is 0.497 e. The van der Waals surface area contributed by atoms with Crippen LogP contribution in [0.3, 0.4) is 0 Å². The number of carbonyl (C=O) groups excluding carboxylic acids is 2. The molecule has 1 amide bonds. The monoisotopic (exact) mass is 369 g/mol. The third-order valence-corrected chi connectivity index (χ3v) is 3.11. The van der Waals surface area contributed by atoms with Crippen LogP contribution < -0.4 is 14.8 Å². The summed E-state index contributed by atoms with van der Waals surface area (Å²) in [6.45, 7) is -3.81. The molecule has 9 heteroatoms. The van der Waals surface area contributed by atoms with Crippen molar-refractivity contribution in [3.8, 4) is 11.5 Å². The predicted octanol–water partition coefficient (Wildman–Crippen LogP) is 3.23. The van der Waals surface area contributed by atoms with Crippen molar-refractivity contribution in [2.24, 2.45) is 0 Å². The maximum absolute atomic E-state index is 13.8. The molecule has 0 heterocycles. The van der Waals surface area contributed by atoms with E-state index < -0.39 is 30.9 Å². The van der Waals surface area contributed by atoms with Crippen molar-refractivity contribution in [1.29, 1.82) is 0 Å². The highest BCUT2D eigenvalue weighted by Gasteiger charge is 2.17. The highest BCUT2D eigenvalue weighted by Crippen LogP contribution is 2.25. The van der Waals surface area contributed by atoms with Crippen molar-refractivity contribution in [3.05, 3.63) is 53.8 Å². The summed E-state index contributed by atoms with van der Waals surface area (Å²) in [4.78, 5) is 23.7. The lowest BCUT2D eigenvalue weighted by molar-refractivity contribution is -0.119. The molecule has 1 N–H and O–H groups in total. The number of methoxy groups -OCH3 is 1. The Morgan fingerprint density at radius 3 is 2.54 bits per heavy atom. The molecule has 0 aliphatic carbocycles. The predicted molar refractivity (Wildman–Crippen MR) is 84.9 cm³/mol. The van der Waals surface area contributed by atoms with Gasteiger partial charge in [0.2, 0.25) is 0 Å². The first-order chi connectivity index (χ1) is 12.4. The van der Waals surface area contributed by atoms with Crippen LogP contribution in [0.15, 0.2) is 42.5 Å². The average Bonchev–Trinajstić information content (AvgIpc) is 2.60. The molecule has 6 nitrogen and oxygen atoms in total. The van der Waals surface area contributed by atoms with E-state index in [9.17, 15) is 22.8 Å². The smallest absolute Gasteiger partial charge is 0.387 e. The SMILES string of the molecule is COc1ccc(C(=O)OCC(=O)Nc2ccccc2OC(F)F)c(F)c1. The first-order valence-corrected chi connectivity index (χ1v) is 7.25. The number of amides is 1. The van der Waals surface area contributed by atoms with E-state index in [1.807, 2.05) is 0 Å². The molecular weight excluding hydrogens is 355 g/mol. The van der Waals surface area contributed by atoms with Gasteiger partial charge < -0.3 is 19.5 Å². The number of benzene rings is 2. The Labute approximate surface area is 146 Å². The highest BCUT2D eigenvalue weighted by molar-refractivity contribution is 5.96. The van der Waals surface area contributed by atoms with Crippen LogP contribution in [0.1, 0.15) is 10.4 Å². The van der Waals surface area contributed by atoms with Gasteiger partial charge in [-0.1, -0.05) is 12.1 Å². The van der Waals surface area contributed by atoms with Gasteiger partial charge in [-0.25, -0.2) is 9.18 Å². The van der Waals surface area contributed by atoms with Gasteiger partial charge in [0.15, 0.2) is 6.61 Å². The maximum atomic E-state index is 13.8. The van der Waals surface area contributed by atoms with E-state index >= 15 is 0 Å². The first kappa shape index (κ1) is 19.1. The summed E-state index contributed by atoms with van der Waals surface area (Å²) in [5.41, 5.74) is -0.399. The number of hydrogen-bond donors (Lipinski definition) is 1. The van der Waals surface area contributed by atoms with Gasteiger partial charge >= 0.3 is 12.6 Å². The second-order valence-electron chi connectivity index (χ2n) is 4.84. The van der Waals surface area contributed by atoms with Gasteiger partial charge in [-0.05, 0) is 24.3 Å². The Bertz CT molecular complexity index is 798. The molecule has 26 heavy (non-hydrogen) atoms. The number of esters is 1. The van der Waals surface area contributed by atoms with E-state index in [1.54, 1.807) is 0 Å². The van der Waals surface area contributed by atoms with Crippen LogP contribution >= 0.6 is 0 Å². The minimum Gasteiger partial charge on any atom is -0.497 e. The highest BCUT2D eigenvalue weighted by atomic mass is 19.3. The van der Waals surface area contributed by atoms with Crippen LogP contribution in [0, 0.1) is 5.82 Å². The van der Waals surface area contributed by atoms with E-state index in [-0.39, 0.29) is 22.7 Å². The maximum Gasteiger partial charge on any atom is 0.387 e. The molecule has 2 aromatic carbocycles. The van der Waals surface area contributed by atoms with Crippen LogP contribution in [0.5, 0.6) is 11.5 Å². The summed E-state index contributed by atoms with van der Waals surface area (Å²) in [5, 5.41) is 2.27. The summed E-state index contributed by atoms with van der Waals surface area (Å²) in [6.07, 6.45) is 0. The molecule has 0 spiro atoms. The Morgan fingerprint density at radius 2 is 1.88 bits per heavy atom. The normalized spacial score (nSPS) is 10.3. The summed E-state index contributed by atoms with van der Waals surface area (Å²) in [7, 11) is 1.34. The minimum atomic E-state index is -3.07. The second-order valence-corrected chi connectivity index (χ2v) is 4.84. The lowest BCUT2D eigenvalue weighted by atomic mass is 10.2. The number of anilines is 1. The van der Waals surface area contributed by atoms with E-state index in [2.05, 4.69) is 10.1 Å². The zero-order valence-corrected chi connectivity index (χ0v) is 13.5. The van der Waals surface area contributed by atoms with Gasteiger partial charge in [-0.2, -0.15) is 8.78 Å². The number of carbonyl (C=O) groups is 2. The topological polar surface area (TPSA) is 73.9 Å². The molecule has 0 unspecified atom stereocenters. The summed E-state index contributed by atoms with van der Waals surface area (Å²) in [6, 6.07) is 9.01. The van der Waals surface area contributed by atoms with Gasteiger partial charge in [-0.15, -0.1) is 0 Å². The Morgan fingerprint density at radius 1 is 1.15 bits per heavy atom. The van der Waals surface area contributed by atoms with Gasteiger partial charge in [0.05, 0.1) is 18.4 Å². The lowest BCUT2D eigenvalue weighted by Gasteiger charge is -2.12. The number of para-hydroxylation sites is 2. The van der Waals surface area contributed by atoms with Gasteiger partial charge in [0, 0.05) is 6.07 Å². The molecule has 0 saturated carbocycles. The Kier molecular flexibility index (Phi) is 6.42. The van der Waals surface area contributed by atoms with Gasteiger partial charge in [0.25, 0.3) is 5.91 Å². The molecule has 0 aromatic heterocycles. The molecular formula is C17H14F3NO5. The molecule has 2 rings (SSSR count). The number of alkyl halides is 2. The molecule has 0 aliphatic heterocycles. The van der Waals surface area contributed by atoms with E-state index in [0.29, 0.717) is 0 Å². The fourth-order valence-corrected chi connectivity index (χ4v) is 1.95. The third kappa shape index (κ3) is 5.13. The lowest BCUT2D eigenvalue weighted by Crippen LogP contribution is -2.22. The zero-order valence-electron chi connectivity index (χ0n) is 13.5. The summed E-state index contributed by atoms with van der Waals surface area (Å²) in [5.74, 6) is -2.77. The molecule has 0 fully saturated rings. The fourth-order valence-electron chi connectivity index (χ4n) is 1.95. The molecule has 0 saturated heterocycles. The van der Waals surface area contributed by atoms with Crippen molar-refractivity contribution in [2.45, 2.75) is 6.61 Å². The number of halogens is 3. The average molecular weight is 369 g/mol. The first-order valence-electron chi connectivity index (χ1n) is 7.25. The number of rotatable bonds is 7. The quantitative estimate of drug-likeness (QED) is 0.759. The van der Waals surface area contributed by atoms with Crippen molar-refractivity contribution < 1.29 is 37.0 Å². The number of hydrogen-bond acceptors (Lipinski definition) is 5. The molecule has 0 aliphatic rings. The molecule has 138 valence electrons. The minimum absolute atomic E-state index is 0.0236. The second kappa shape index (κ2) is 8.75. The molecule has 2 aromatic rings. The van der Waals surface area contributed by atoms with E-state index in [0.717, 1.165) is 12.1 Å². The Hall–Kier alpha value is -3.23. The van der Waals surface area contributed by atoms with Gasteiger partial charge in [-0.3, -0.25) is 4.79 Å². The van der Waals surface area contributed by atoms with Crippen LogP contribution in [-0.4, -0.2) is 32.2 Å². The van der Waals surface area contributed by atoms with Crippen LogP contribution in [0.25, 0.3) is 0 Å². The summed E-state index contributed by atoms with van der Waals surface area (Å²) < 4.78 is 52.2. The van der Waals surface area contributed by atoms with Crippen LogP contribution in [-0.2, 0) is 9.53 Å². The number of nitrogens with one attached hydrogen (secondary N) is 1. The van der Waals surface area contributed by atoms with Gasteiger partial charge in [0.1, 0.15) is 17.3 Å². The van der Waals surface area contributed by atoms with Crippen molar-refractivity contribution in [3.63, 3.8) is 0 Å². The van der Waals surface area contributed by atoms with Crippen molar-refractivity contribution >= 4 is 17.6 Å².